The average Bonchev–Trinajstić information content (AvgIpc) is 2.58. The Morgan fingerprint density at radius 1 is 1.20 bits per heavy atom. The Morgan fingerprint density at radius 3 is 2.56 bits per heavy atom. The van der Waals surface area contributed by atoms with Crippen molar-refractivity contribution in [1.82, 2.24) is 10.3 Å². The average molecular weight is 351 g/mol. The monoisotopic (exact) mass is 351 g/mol. The standard InChI is InChI=1S/C17H16F3N3O2/c1-12(24)23(15-6-2-5-14(8-15)17(18,19)20)11-16(25)22-10-13-4-3-7-21-9-13/h2-9H,10-11H2,1H3,(H,22,25). The molecule has 0 radical (unpaired) electrons. The van der Waals surface area contributed by atoms with E-state index >= 15 is 0 Å². The van der Waals surface area contributed by atoms with E-state index in [1.165, 1.54) is 19.1 Å². The minimum Gasteiger partial charge on any atom is -0.350 e. The fourth-order valence-corrected chi connectivity index (χ4v) is 2.14. The van der Waals surface area contributed by atoms with Crippen molar-refractivity contribution in [3.8, 4) is 0 Å². The molecule has 0 unspecified atom stereocenters. The van der Waals surface area contributed by atoms with Crippen LogP contribution >= 0.6 is 0 Å². The van der Waals surface area contributed by atoms with Gasteiger partial charge in [-0.1, -0.05) is 12.1 Å². The highest BCUT2D eigenvalue weighted by atomic mass is 19.4. The zero-order valence-electron chi connectivity index (χ0n) is 13.4. The Hall–Kier alpha value is -2.90. The molecule has 0 aliphatic heterocycles. The van der Waals surface area contributed by atoms with Crippen molar-refractivity contribution in [1.29, 1.82) is 0 Å². The van der Waals surface area contributed by atoms with Gasteiger partial charge in [0.25, 0.3) is 0 Å². The summed E-state index contributed by atoms with van der Waals surface area (Å²) >= 11 is 0. The minimum absolute atomic E-state index is 0.0128. The second-order valence-electron chi connectivity index (χ2n) is 5.29. The SMILES string of the molecule is CC(=O)N(CC(=O)NCc1cccnc1)c1cccc(C(F)(F)F)c1. The highest BCUT2D eigenvalue weighted by Crippen LogP contribution is 2.31. The molecule has 2 aromatic rings. The summed E-state index contributed by atoms with van der Waals surface area (Å²) in [4.78, 5) is 28.7. The number of amides is 2. The predicted octanol–water partition coefficient (Wildman–Crippen LogP) is 2.77. The van der Waals surface area contributed by atoms with E-state index in [4.69, 9.17) is 0 Å². The summed E-state index contributed by atoms with van der Waals surface area (Å²) in [5.74, 6) is -1.02. The van der Waals surface area contributed by atoms with Crippen LogP contribution in [0, 0.1) is 0 Å². The number of hydrogen-bond donors (Lipinski definition) is 1. The zero-order chi connectivity index (χ0) is 18.4. The summed E-state index contributed by atoms with van der Waals surface area (Å²) in [5, 5.41) is 2.60. The van der Waals surface area contributed by atoms with Gasteiger partial charge in [-0.2, -0.15) is 13.2 Å². The number of carbonyl (C=O) groups is 2. The van der Waals surface area contributed by atoms with Crippen LogP contribution in [0.25, 0.3) is 0 Å². The molecule has 0 atom stereocenters. The molecule has 0 fully saturated rings. The molecule has 1 aromatic heterocycles. The van der Waals surface area contributed by atoms with Gasteiger partial charge in [0.15, 0.2) is 0 Å². The summed E-state index contributed by atoms with van der Waals surface area (Å²) < 4.78 is 38.4. The molecule has 1 N–H and O–H groups in total. The normalized spacial score (nSPS) is 11.0. The number of alkyl halides is 3. The number of nitrogens with zero attached hydrogens (tertiary/aromatic N) is 2. The van der Waals surface area contributed by atoms with E-state index in [9.17, 15) is 22.8 Å². The Labute approximate surface area is 142 Å². The zero-order valence-corrected chi connectivity index (χ0v) is 13.4. The Bertz CT molecular complexity index is 748. The first-order valence-electron chi connectivity index (χ1n) is 7.38. The van der Waals surface area contributed by atoms with Gasteiger partial charge in [-0.25, -0.2) is 0 Å². The topological polar surface area (TPSA) is 62.3 Å². The van der Waals surface area contributed by atoms with Crippen molar-refractivity contribution in [2.24, 2.45) is 0 Å². The van der Waals surface area contributed by atoms with Crippen LogP contribution in [-0.2, 0) is 22.3 Å². The molecule has 0 saturated heterocycles. The molecule has 2 rings (SSSR count). The molecule has 8 heteroatoms. The van der Waals surface area contributed by atoms with Crippen molar-refractivity contribution in [2.75, 3.05) is 11.4 Å². The van der Waals surface area contributed by atoms with E-state index in [-0.39, 0.29) is 18.8 Å². The van der Waals surface area contributed by atoms with Gasteiger partial charge < -0.3 is 10.2 Å². The Morgan fingerprint density at radius 2 is 1.96 bits per heavy atom. The van der Waals surface area contributed by atoms with Crippen LogP contribution in [0.2, 0.25) is 0 Å². The Balaban J connectivity index is 2.08. The first-order chi connectivity index (χ1) is 11.8. The number of carbonyl (C=O) groups excluding carboxylic acids is 2. The summed E-state index contributed by atoms with van der Waals surface area (Å²) in [7, 11) is 0. The smallest absolute Gasteiger partial charge is 0.350 e. The highest BCUT2D eigenvalue weighted by Gasteiger charge is 2.31. The maximum Gasteiger partial charge on any atom is 0.416 e. The van der Waals surface area contributed by atoms with Crippen molar-refractivity contribution >= 4 is 17.5 Å². The number of rotatable bonds is 5. The molecule has 1 heterocycles. The fourth-order valence-electron chi connectivity index (χ4n) is 2.14. The third-order valence-electron chi connectivity index (χ3n) is 3.38. The third-order valence-corrected chi connectivity index (χ3v) is 3.38. The second kappa shape index (κ2) is 7.78. The lowest BCUT2D eigenvalue weighted by Gasteiger charge is -2.21. The minimum atomic E-state index is -4.53. The maximum absolute atomic E-state index is 12.8. The highest BCUT2D eigenvalue weighted by molar-refractivity contribution is 5.97. The summed E-state index contributed by atoms with van der Waals surface area (Å²) in [6.45, 7) is 1.02. The number of halogens is 3. The maximum atomic E-state index is 12.8. The molecular weight excluding hydrogens is 335 g/mol. The van der Waals surface area contributed by atoms with Crippen molar-refractivity contribution in [2.45, 2.75) is 19.6 Å². The fraction of sp³-hybridized carbons (Fsp3) is 0.235. The lowest BCUT2D eigenvalue weighted by atomic mass is 10.1. The van der Waals surface area contributed by atoms with Crippen molar-refractivity contribution in [3.05, 3.63) is 59.9 Å². The summed E-state index contributed by atoms with van der Waals surface area (Å²) in [6, 6.07) is 7.78. The van der Waals surface area contributed by atoms with Gasteiger partial charge in [0.1, 0.15) is 6.54 Å². The van der Waals surface area contributed by atoms with E-state index in [1.807, 2.05) is 0 Å². The molecule has 2 amide bonds. The van der Waals surface area contributed by atoms with Crippen LogP contribution in [0.4, 0.5) is 18.9 Å². The van der Waals surface area contributed by atoms with Crippen LogP contribution in [0.5, 0.6) is 0 Å². The van der Waals surface area contributed by atoms with Crippen LogP contribution in [0.15, 0.2) is 48.8 Å². The van der Waals surface area contributed by atoms with E-state index in [2.05, 4.69) is 10.3 Å². The van der Waals surface area contributed by atoms with Crippen LogP contribution < -0.4 is 10.2 Å². The number of anilines is 1. The quantitative estimate of drug-likeness (QED) is 0.901. The first-order valence-corrected chi connectivity index (χ1v) is 7.38. The second-order valence-corrected chi connectivity index (χ2v) is 5.29. The molecule has 0 saturated carbocycles. The van der Waals surface area contributed by atoms with Crippen molar-refractivity contribution < 1.29 is 22.8 Å². The lowest BCUT2D eigenvalue weighted by Crippen LogP contribution is -2.39. The van der Waals surface area contributed by atoms with Crippen LogP contribution in [-0.4, -0.2) is 23.3 Å². The molecule has 0 spiro atoms. The van der Waals surface area contributed by atoms with Gasteiger partial charge in [-0.05, 0) is 29.8 Å². The number of nitrogens with one attached hydrogen (secondary N) is 1. The largest absolute Gasteiger partial charge is 0.416 e. The lowest BCUT2D eigenvalue weighted by molar-refractivity contribution is -0.137. The van der Waals surface area contributed by atoms with Crippen molar-refractivity contribution in [3.63, 3.8) is 0 Å². The third kappa shape index (κ3) is 5.30. The van der Waals surface area contributed by atoms with E-state index in [0.717, 1.165) is 22.6 Å². The molecule has 1 aromatic carbocycles. The number of pyridine rings is 1. The number of aromatic nitrogens is 1. The molecule has 5 nitrogen and oxygen atoms in total. The molecular formula is C17H16F3N3O2. The van der Waals surface area contributed by atoms with Crippen LogP contribution in [0.1, 0.15) is 18.1 Å². The van der Waals surface area contributed by atoms with E-state index in [1.54, 1.807) is 24.5 Å². The molecule has 132 valence electrons. The van der Waals surface area contributed by atoms with Gasteiger partial charge >= 0.3 is 6.18 Å². The summed E-state index contributed by atoms with van der Waals surface area (Å²) in [6.07, 6.45) is -1.35. The van der Waals surface area contributed by atoms with Crippen LogP contribution in [0.3, 0.4) is 0 Å². The van der Waals surface area contributed by atoms with Gasteiger partial charge in [0.2, 0.25) is 11.8 Å². The van der Waals surface area contributed by atoms with E-state index in [0.29, 0.717) is 0 Å². The van der Waals surface area contributed by atoms with Gasteiger partial charge in [-0.3, -0.25) is 14.6 Å². The van der Waals surface area contributed by atoms with Gasteiger partial charge in [0, 0.05) is 31.5 Å². The molecule has 25 heavy (non-hydrogen) atoms. The molecule has 0 aliphatic rings. The molecule has 0 bridgehead atoms. The predicted molar refractivity (Wildman–Crippen MR) is 85.6 cm³/mol. The van der Waals surface area contributed by atoms with E-state index < -0.39 is 23.6 Å². The van der Waals surface area contributed by atoms with Gasteiger partial charge in [0.05, 0.1) is 5.56 Å². The number of hydrogen-bond acceptors (Lipinski definition) is 3. The first kappa shape index (κ1) is 18.4. The van der Waals surface area contributed by atoms with Gasteiger partial charge in [-0.15, -0.1) is 0 Å². The summed E-state index contributed by atoms with van der Waals surface area (Å²) in [5.41, 5.74) is -0.102. The molecule has 0 aliphatic carbocycles. The number of benzene rings is 1. The Kier molecular flexibility index (Phi) is 5.74.